The minimum Gasteiger partial charge on any atom is -0.309 e. The lowest BCUT2D eigenvalue weighted by Gasteiger charge is -2.26. The fourth-order valence-corrected chi connectivity index (χ4v) is 2.00. The molecule has 1 aromatic rings. The molecular formula is C22H30N2. The highest BCUT2D eigenvalue weighted by atomic mass is 14.9. The summed E-state index contributed by atoms with van der Waals surface area (Å²) >= 11 is 0. The first-order valence-corrected chi connectivity index (χ1v) is 8.20. The van der Waals surface area contributed by atoms with Gasteiger partial charge in [0.15, 0.2) is 0 Å². The van der Waals surface area contributed by atoms with E-state index in [0.29, 0.717) is 5.49 Å². The second kappa shape index (κ2) is 7.96. The summed E-state index contributed by atoms with van der Waals surface area (Å²) in [6.07, 6.45) is 14.0. The molecule has 0 aromatic carbocycles. The third-order valence-corrected chi connectivity index (χ3v) is 4.42. The number of rotatable bonds is 7. The van der Waals surface area contributed by atoms with Crippen molar-refractivity contribution in [1.29, 1.82) is 5.41 Å². The van der Waals surface area contributed by atoms with E-state index in [-0.39, 0.29) is 10.8 Å². The third kappa shape index (κ3) is 5.38. The van der Waals surface area contributed by atoms with Crippen LogP contribution in [0.1, 0.15) is 34.6 Å². The Hall–Kier alpha value is -2.35. The van der Waals surface area contributed by atoms with E-state index >= 15 is 0 Å². The zero-order valence-corrected chi connectivity index (χ0v) is 15.6. The second-order valence-corrected chi connectivity index (χ2v) is 7.20. The van der Waals surface area contributed by atoms with Gasteiger partial charge in [0.1, 0.15) is 5.49 Å². The molecular weight excluding hydrogens is 292 g/mol. The van der Waals surface area contributed by atoms with Gasteiger partial charge in [0.25, 0.3) is 0 Å². The van der Waals surface area contributed by atoms with E-state index in [2.05, 4.69) is 59.9 Å². The van der Waals surface area contributed by atoms with Crippen molar-refractivity contribution in [1.82, 2.24) is 4.57 Å². The fourth-order valence-electron chi connectivity index (χ4n) is 2.00. The van der Waals surface area contributed by atoms with E-state index in [9.17, 15) is 0 Å². The molecule has 0 unspecified atom stereocenters. The molecule has 0 spiro atoms. The maximum Gasteiger partial charge on any atom is 0.128 e. The monoisotopic (exact) mass is 322 g/mol. The average Bonchev–Trinajstić information content (AvgIpc) is 2.52. The minimum absolute atomic E-state index is 0.116. The number of hydrogen-bond donors (Lipinski definition) is 1. The average molecular weight is 322 g/mol. The Balaban J connectivity index is 3.05. The van der Waals surface area contributed by atoms with Gasteiger partial charge in [-0.05, 0) is 30.2 Å². The predicted octanol–water partition coefficient (Wildman–Crippen LogP) is 5.74. The zero-order chi connectivity index (χ0) is 18.4. The highest BCUT2D eigenvalue weighted by molar-refractivity contribution is 5.37. The second-order valence-electron chi connectivity index (χ2n) is 7.20. The Morgan fingerprint density at radius 1 is 1.12 bits per heavy atom. The molecule has 2 heteroatoms. The lowest BCUT2D eigenvalue weighted by atomic mass is 9.79. The van der Waals surface area contributed by atoms with E-state index in [4.69, 9.17) is 5.41 Å². The van der Waals surface area contributed by atoms with Gasteiger partial charge >= 0.3 is 0 Å². The van der Waals surface area contributed by atoms with Gasteiger partial charge in [-0.3, -0.25) is 5.41 Å². The maximum absolute atomic E-state index is 7.96. The topological polar surface area (TPSA) is 28.8 Å². The summed E-state index contributed by atoms with van der Waals surface area (Å²) in [7, 11) is 0. The van der Waals surface area contributed by atoms with E-state index in [0.717, 1.165) is 5.57 Å². The smallest absolute Gasteiger partial charge is 0.128 e. The number of pyridine rings is 1. The van der Waals surface area contributed by atoms with E-state index < -0.39 is 0 Å². The number of hydrogen-bond acceptors (Lipinski definition) is 1. The van der Waals surface area contributed by atoms with Crippen LogP contribution in [0.4, 0.5) is 0 Å². The SMILES string of the molecule is C=C/C=C\C(=C)C(C)(C)/C=C/C(C)(C)/C(C)=C/n1ccccc1=N. The molecule has 0 aliphatic rings. The van der Waals surface area contributed by atoms with E-state index in [1.165, 1.54) is 5.57 Å². The quantitative estimate of drug-likeness (QED) is 0.490. The lowest BCUT2D eigenvalue weighted by Crippen LogP contribution is -2.17. The number of nitrogens with zero attached hydrogens (tertiary/aromatic N) is 1. The van der Waals surface area contributed by atoms with Crippen LogP contribution in [-0.4, -0.2) is 4.57 Å². The highest BCUT2D eigenvalue weighted by Crippen LogP contribution is 2.33. The van der Waals surface area contributed by atoms with Crippen LogP contribution < -0.4 is 5.49 Å². The van der Waals surface area contributed by atoms with Gasteiger partial charge < -0.3 is 4.57 Å². The zero-order valence-electron chi connectivity index (χ0n) is 15.6. The van der Waals surface area contributed by atoms with E-state index in [1.807, 2.05) is 41.2 Å². The van der Waals surface area contributed by atoms with Crippen molar-refractivity contribution >= 4 is 6.20 Å². The summed E-state index contributed by atoms with van der Waals surface area (Å²) in [6.45, 7) is 18.6. The first-order valence-electron chi connectivity index (χ1n) is 8.20. The molecule has 1 rings (SSSR count). The first-order chi connectivity index (χ1) is 11.1. The summed E-state index contributed by atoms with van der Waals surface area (Å²) in [4.78, 5) is 0. The molecule has 24 heavy (non-hydrogen) atoms. The van der Waals surface area contributed by atoms with E-state index in [1.54, 1.807) is 12.1 Å². The Morgan fingerprint density at radius 2 is 1.75 bits per heavy atom. The van der Waals surface area contributed by atoms with Crippen LogP contribution in [0, 0.1) is 16.2 Å². The van der Waals surface area contributed by atoms with Crippen molar-refractivity contribution in [3.05, 3.63) is 84.6 Å². The normalized spacial score (nSPS) is 13.6. The molecule has 0 aliphatic heterocycles. The molecule has 1 heterocycles. The minimum atomic E-state index is -0.127. The Kier molecular flexibility index (Phi) is 6.53. The Bertz CT molecular complexity index is 737. The van der Waals surface area contributed by atoms with Crippen molar-refractivity contribution in [3.63, 3.8) is 0 Å². The highest BCUT2D eigenvalue weighted by Gasteiger charge is 2.21. The summed E-state index contributed by atoms with van der Waals surface area (Å²) in [5.74, 6) is 0. The van der Waals surface area contributed by atoms with Crippen molar-refractivity contribution in [2.24, 2.45) is 10.8 Å². The molecule has 128 valence electrons. The molecule has 0 bridgehead atoms. The van der Waals surface area contributed by atoms with Crippen LogP contribution in [0.5, 0.6) is 0 Å². The summed E-state index contributed by atoms with van der Waals surface area (Å²) < 4.78 is 1.84. The van der Waals surface area contributed by atoms with Crippen LogP contribution in [0.3, 0.4) is 0 Å². The van der Waals surface area contributed by atoms with Gasteiger partial charge in [-0.2, -0.15) is 0 Å². The molecule has 0 amide bonds. The Labute approximate surface area is 146 Å². The summed E-state index contributed by atoms with van der Waals surface area (Å²) in [5, 5.41) is 7.96. The summed E-state index contributed by atoms with van der Waals surface area (Å²) in [6, 6.07) is 5.59. The standard InChI is InChI=1S/C22H30N2/c1-8-9-12-18(2)21(4,5)14-15-22(6,7)19(3)17-24-16-11-10-13-20(24)23/h8-17,23H,1-2H2,3-7H3/b12-9-,15-14+,19-17+,23-20?. The predicted molar refractivity (Wildman–Crippen MR) is 105 cm³/mol. The Morgan fingerprint density at radius 3 is 2.33 bits per heavy atom. The van der Waals surface area contributed by atoms with Gasteiger partial charge in [0.05, 0.1) is 0 Å². The van der Waals surface area contributed by atoms with Gasteiger partial charge in [-0.15, -0.1) is 0 Å². The van der Waals surface area contributed by atoms with Crippen LogP contribution in [0.15, 0.2) is 79.1 Å². The number of allylic oxidation sites excluding steroid dienone is 7. The number of nitrogens with one attached hydrogen (secondary N) is 1. The molecule has 0 fully saturated rings. The number of aromatic nitrogens is 1. The van der Waals surface area contributed by atoms with Crippen molar-refractivity contribution < 1.29 is 0 Å². The van der Waals surface area contributed by atoms with Gasteiger partial charge in [-0.25, -0.2) is 0 Å². The molecule has 0 saturated heterocycles. The third-order valence-electron chi connectivity index (χ3n) is 4.42. The maximum atomic E-state index is 7.96. The van der Waals surface area contributed by atoms with Crippen LogP contribution in [0.25, 0.3) is 6.20 Å². The van der Waals surface area contributed by atoms with Gasteiger partial charge in [-0.1, -0.05) is 77.3 Å². The first kappa shape index (κ1) is 19.7. The van der Waals surface area contributed by atoms with Crippen LogP contribution >= 0.6 is 0 Å². The summed E-state index contributed by atoms with van der Waals surface area (Å²) in [5.41, 5.74) is 2.46. The van der Waals surface area contributed by atoms with Gasteiger partial charge in [0, 0.05) is 23.2 Å². The molecule has 2 nitrogen and oxygen atoms in total. The fraction of sp³-hybridized carbons (Fsp3) is 0.318. The van der Waals surface area contributed by atoms with Crippen molar-refractivity contribution in [2.75, 3.05) is 0 Å². The van der Waals surface area contributed by atoms with Crippen molar-refractivity contribution in [2.45, 2.75) is 34.6 Å². The lowest BCUT2D eigenvalue weighted by molar-refractivity contribution is 0.545. The van der Waals surface area contributed by atoms with Crippen LogP contribution in [0.2, 0.25) is 0 Å². The molecule has 1 N–H and O–H groups in total. The molecule has 1 aromatic heterocycles. The van der Waals surface area contributed by atoms with Crippen LogP contribution in [-0.2, 0) is 0 Å². The molecule has 0 radical (unpaired) electrons. The molecule has 0 saturated carbocycles. The van der Waals surface area contributed by atoms with Gasteiger partial charge in [0.2, 0.25) is 0 Å². The molecule has 0 aliphatic carbocycles. The largest absolute Gasteiger partial charge is 0.309 e. The molecule has 0 atom stereocenters. The van der Waals surface area contributed by atoms with Crippen molar-refractivity contribution in [3.8, 4) is 0 Å².